The highest BCUT2D eigenvalue weighted by Gasteiger charge is 2.14. The Labute approximate surface area is 104 Å². The fourth-order valence-corrected chi connectivity index (χ4v) is 2.21. The highest BCUT2D eigenvalue weighted by Crippen LogP contribution is 2.24. The molecule has 2 nitrogen and oxygen atoms in total. The smallest absolute Gasteiger partial charge is 0.193 e. The molecule has 0 fully saturated rings. The van der Waals surface area contributed by atoms with Gasteiger partial charge in [-0.05, 0) is 54.4 Å². The molecule has 3 heteroatoms. The van der Waals surface area contributed by atoms with Crippen LogP contribution in [0.4, 0.5) is 10.1 Å². The number of halogens is 1. The summed E-state index contributed by atoms with van der Waals surface area (Å²) in [5.41, 5.74) is 3.44. The van der Waals surface area contributed by atoms with Gasteiger partial charge in [-0.2, -0.15) is 0 Å². The minimum Gasteiger partial charge on any atom is -0.384 e. The fourth-order valence-electron chi connectivity index (χ4n) is 2.21. The molecule has 0 amide bonds. The van der Waals surface area contributed by atoms with E-state index in [1.807, 2.05) is 18.2 Å². The summed E-state index contributed by atoms with van der Waals surface area (Å²) < 4.78 is 12.8. The molecule has 2 aromatic rings. The predicted octanol–water partition coefficient (Wildman–Crippen LogP) is 3.02. The normalized spacial score (nSPS) is 12.9. The van der Waals surface area contributed by atoms with E-state index >= 15 is 0 Å². The van der Waals surface area contributed by atoms with Crippen molar-refractivity contribution in [2.75, 3.05) is 11.9 Å². The van der Waals surface area contributed by atoms with Crippen molar-refractivity contribution in [1.29, 1.82) is 0 Å². The minimum atomic E-state index is -0.329. The summed E-state index contributed by atoms with van der Waals surface area (Å²) in [6.07, 6.45) is 0.944. The van der Waals surface area contributed by atoms with Gasteiger partial charge >= 0.3 is 0 Å². The summed E-state index contributed by atoms with van der Waals surface area (Å²) in [7, 11) is 0. The highest BCUT2D eigenvalue weighted by molar-refractivity contribution is 6.09. The summed E-state index contributed by atoms with van der Waals surface area (Å²) in [6, 6.07) is 11.3. The molecule has 0 aliphatic carbocycles. The number of nitrogens with one attached hydrogen (secondary N) is 1. The van der Waals surface area contributed by atoms with E-state index in [0.29, 0.717) is 11.1 Å². The molecular formula is C15H12FNO. The molecule has 0 unspecified atom stereocenters. The van der Waals surface area contributed by atoms with E-state index in [-0.39, 0.29) is 11.6 Å². The second-order valence-corrected chi connectivity index (χ2v) is 4.38. The molecule has 0 saturated heterocycles. The van der Waals surface area contributed by atoms with Crippen LogP contribution in [0.3, 0.4) is 0 Å². The molecule has 0 spiro atoms. The van der Waals surface area contributed by atoms with Crippen LogP contribution in [0.15, 0.2) is 42.5 Å². The second kappa shape index (κ2) is 4.26. The molecule has 1 aliphatic heterocycles. The van der Waals surface area contributed by atoms with Crippen molar-refractivity contribution in [3.8, 4) is 0 Å². The number of fused-ring (bicyclic) bond motifs is 1. The SMILES string of the molecule is O=C(c1ccc(F)cc1)c1ccc2c(c1)CCN2. The zero-order valence-corrected chi connectivity index (χ0v) is 9.74. The van der Waals surface area contributed by atoms with Gasteiger partial charge in [0.15, 0.2) is 5.78 Å². The Morgan fingerprint density at radius 3 is 2.56 bits per heavy atom. The predicted molar refractivity (Wildman–Crippen MR) is 68.5 cm³/mol. The summed E-state index contributed by atoms with van der Waals surface area (Å²) in [6.45, 7) is 0.920. The minimum absolute atomic E-state index is 0.0651. The van der Waals surface area contributed by atoms with E-state index in [0.717, 1.165) is 18.7 Å². The molecule has 0 aromatic heterocycles. The maximum absolute atomic E-state index is 12.8. The molecule has 1 aliphatic rings. The van der Waals surface area contributed by atoms with E-state index in [9.17, 15) is 9.18 Å². The quantitative estimate of drug-likeness (QED) is 0.819. The van der Waals surface area contributed by atoms with E-state index in [4.69, 9.17) is 0 Å². The van der Waals surface area contributed by atoms with Gasteiger partial charge in [-0.3, -0.25) is 4.79 Å². The van der Waals surface area contributed by atoms with Gasteiger partial charge in [-0.15, -0.1) is 0 Å². The van der Waals surface area contributed by atoms with Crippen molar-refractivity contribution in [3.05, 3.63) is 65.0 Å². The van der Waals surface area contributed by atoms with Gasteiger partial charge in [-0.1, -0.05) is 0 Å². The van der Waals surface area contributed by atoms with Gasteiger partial charge in [0.25, 0.3) is 0 Å². The van der Waals surface area contributed by atoms with Gasteiger partial charge in [-0.25, -0.2) is 4.39 Å². The Bertz CT molecular complexity index is 604. The average Bonchev–Trinajstić information content (AvgIpc) is 2.86. The number of benzene rings is 2. The molecular weight excluding hydrogens is 229 g/mol. The molecule has 18 heavy (non-hydrogen) atoms. The van der Waals surface area contributed by atoms with Crippen LogP contribution in [0.5, 0.6) is 0 Å². The van der Waals surface area contributed by atoms with Crippen LogP contribution in [0.2, 0.25) is 0 Å². The first kappa shape index (κ1) is 11.0. The van der Waals surface area contributed by atoms with Crippen LogP contribution < -0.4 is 5.32 Å². The second-order valence-electron chi connectivity index (χ2n) is 4.38. The third-order valence-corrected chi connectivity index (χ3v) is 3.18. The monoisotopic (exact) mass is 241 g/mol. The summed E-state index contributed by atoms with van der Waals surface area (Å²) >= 11 is 0. The first-order chi connectivity index (χ1) is 8.74. The fraction of sp³-hybridized carbons (Fsp3) is 0.133. The molecule has 0 radical (unpaired) electrons. The summed E-state index contributed by atoms with van der Waals surface area (Å²) in [5.74, 6) is -0.394. The first-order valence-electron chi connectivity index (χ1n) is 5.91. The van der Waals surface area contributed by atoms with Gasteiger partial charge in [0.1, 0.15) is 5.82 Å². The van der Waals surface area contributed by atoms with Gasteiger partial charge in [0.05, 0.1) is 0 Å². The van der Waals surface area contributed by atoms with Gasteiger partial charge < -0.3 is 5.32 Å². The maximum Gasteiger partial charge on any atom is 0.193 e. The van der Waals surface area contributed by atoms with Gasteiger partial charge in [0.2, 0.25) is 0 Å². The van der Waals surface area contributed by atoms with E-state index in [2.05, 4.69) is 5.32 Å². The Morgan fingerprint density at radius 1 is 1.06 bits per heavy atom. The Balaban J connectivity index is 1.95. The van der Waals surface area contributed by atoms with Crippen LogP contribution in [0, 0.1) is 5.82 Å². The number of hydrogen-bond donors (Lipinski definition) is 1. The summed E-state index contributed by atoms with van der Waals surface area (Å²) in [5, 5.41) is 3.25. The maximum atomic E-state index is 12.8. The lowest BCUT2D eigenvalue weighted by Gasteiger charge is -2.04. The zero-order valence-electron chi connectivity index (χ0n) is 9.74. The van der Waals surface area contributed by atoms with E-state index in [1.165, 1.54) is 29.8 Å². The lowest BCUT2D eigenvalue weighted by atomic mass is 10.0. The molecule has 0 atom stereocenters. The average molecular weight is 241 g/mol. The molecule has 1 N–H and O–H groups in total. The van der Waals surface area contributed by atoms with Crippen molar-refractivity contribution in [3.63, 3.8) is 0 Å². The van der Waals surface area contributed by atoms with E-state index in [1.54, 1.807) is 0 Å². The van der Waals surface area contributed by atoms with Crippen LogP contribution >= 0.6 is 0 Å². The molecule has 0 saturated carbocycles. The van der Waals surface area contributed by atoms with Crippen LogP contribution in [-0.2, 0) is 6.42 Å². The topological polar surface area (TPSA) is 29.1 Å². The third kappa shape index (κ3) is 1.88. The van der Waals surface area contributed by atoms with Crippen molar-refractivity contribution in [2.24, 2.45) is 0 Å². The van der Waals surface area contributed by atoms with E-state index < -0.39 is 0 Å². The number of anilines is 1. The number of hydrogen-bond acceptors (Lipinski definition) is 2. The lowest BCUT2D eigenvalue weighted by Crippen LogP contribution is -2.01. The standard InChI is InChI=1S/C15H12FNO/c16-13-4-1-10(2-5-13)15(18)12-3-6-14-11(9-12)7-8-17-14/h1-6,9,17H,7-8H2. The first-order valence-corrected chi connectivity index (χ1v) is 5.91. The number of carbonyl (C=O) groups is 1. The van der Waals surface area contributed by atoms with Crippen molar-refractivity contribution < 1.29 is 9.18 Å². The molecule has 90 valence electrons. The third-order valence-electron chi connectivity index (χ3n) is 3.18. The number of ketones is 1. The Hall–Kier alpha value is -2.16. The lowest BCUT2D eigenvalue weighted by molar-refractivity contribution is 0.103. The molecule has 1 heterocycles. The molecule has 2 aromatic carbocycles. The van der Waals surface area contributed by atoms with Crippen LogP contribution in [0.25, 0.3) is 0 Å². The molecule has 0 bridgehead atoms. The van der Waals surface area contributed by atoms with Crippen molar-refractivity contribution >= 4 is 11.5 Å². The summed E-state index contributed by atoms with van der Waals surface area (Å²) in [4.78, 5) is 12.2. The van der Waals surface area contributed by atoms with Crippen molar-refractivity contribution in [1.82, 2.24) is 0 Å². The number of rotatable bonds is 2. The van der Waals surface area contributed by atoms with Crippen LogP contribution in [-0.4, -0.2) is 12.3 Å². The largest absolute Gasteiger partial charge is 0.384 e. The molecule has 3 rings (SSSR count). The van der Waals surface area contributed by atoms with Gasteiger partial charge in [0, 0.05) is 23.4 Å². The Morgan fingerprint density at radius 2 is 1.78 bits per heavy atom. The number of carbonyl (C=O) groups excluding carboxylic acids is 1. The Kier molecular flexibility index (Phi) is 2.59. The van der Waals surface area contributed by atoms with Crippen LogP contribution in [0.1, 0.15) is 21.5 Å². The highest BCUT2D eigenvalue weighted by atomic mass is 19.1. The zero-order chi connectivity index (χ0) is 12.5. The van der Waals surface area contributed by atoms with Crippen molar-refractivity contribution in [2.45, 2.75) is 6.42 Å².